The number of nitro groups is 1. The maximum atomic E-state index is 12.2. The molecule has 1 N–H and O–H groups in total. The zero-order valence-electron chi connectivity index (χ0n) is 9.09. The van der Waals surface area contributed by atoms with Gasteiger partial charge in [0, 0.05) is 0 Å². The molecule has 1 aromatic rings. The fourth-order valence-corrected chi connectivity index (χ4v) is 1.17. The summed E-state index contributed by atoms with van der Waals surface area (Å²) in [4.78, 5) is 23.4. The molecule has 0 atom stereocenters. The molecule has 0 saturated heterocycles. The normalized spacial score (nSPS) is 10.9. The average molecular weight is 282 g/mol. The minimum Gasteiger partial charge on any atom is -0.478 e. The summed E-state index contributed by atoms with van der Waals surface area (Å²) < 4.78 is 44.3. The van der Waals surface area contributed by atoms with E-state index in [0.717, 1.165) is 7.11 Å². The predicted octanol–water partition coefficient (Wildman–Crippen LogP) is 1.60. The van der Waals surface area contributed by atoms with Crippen molar-refractivity contribution in [3.05, 3.63) is 21.9 Å². The first kappa shape index (κ1) is 14.5. The Kier molecular flexibility index (Phi) is 3.77. The highest BCUT2D eigenvalue weighted by Crippen LogP contribution is 2.38. The number of alkyl halides is 3. The van der Waals surface area contributed by atoms with Gasteiger partial charge in [-0.3, -0.25) is 10.1 Å². The average Bonchev–Trinajstić information content (AvgIpc) is 2.25. The Morgan fingerprint density at radius 1 is 1.53 bits per heavy atom. The van der Waals surface area contributed by atoms with Crippen molar-refractivity contribution in [1.82, 2.24) is 4.98 Å². The van der Waals surface area contributed by atoms with E-state index in [2.05, 4.69) is 14.5 Å². The van der Waals surface area contributed by atoms with E-state index in [1.807, 2.05) is 0 Å². The largest absolute Gasteiger partial charge is 0.573 e. The minimum absolute atomic E-state index is 0.464. The number of carbonyl (C=O) groups is 1. The van der Waals surface area contributed by atoms with Crippen molar-refractivity contribution in [3.63, 3.8) is 0 Å². The summed E-state index contributed by atoms with van der Waals surface area (Å²) in [7, 11) is 0.906. The van der Waals surface area contributed by atoms with E-state index in [9.17, 15) is 28.1 Å². The fraction of sp³-hybridized carbons (Fsp3) is 0.250. The minimum atomic E-state index is -5.26. The highest BCUT2D eigenvalue weighted by Gasteiger charge is 2.38. The smallest absolute Gasteiger partial charge is 0.478 e. The Bertz CT molecular complexity index is 530. The first-order valence-electron chi connectivity index (χ1n) is 4.37. The number of carboxylic acid groups (broad SMARTS) is 1. The van der Waals surface area contributed by atoms with Crippen LogP contribution in [0.15, 0.2) is 6.20 Å². The molecule has 1 heterocycles. The van der Waals surface area contributed by atoms with Crippen LogP contribution in [0.25, 0.3) is 0 Å². The molecule has 0 aliphatic rings. The molecule has 0 aliphatic heterocycles. The summed E-state index contributed by atoms with van der Waals surface area (Å²) in [5.74, 6) is -4.19. The van der Waals surface area contributed by atoms with Crippen LogP contribution in [-0.4, -0.2) is 34.5 Å². The van der Waals surface area contributed by atoms with Crippen molar-refractivity contribution in [2.75, 3.05) is 7.11 Å². The molecule has 11 heteroatoms. The molecule has 0 saturated carbocycles. The molecule has 0 bridgehead atoms. The van der Waals surface area contributed by atoms with Crippen LogP contribution < -0.4 is 9.47 Å². The molecule has 8 nitrogen and oxygen atoms in total. The van der Waals surface area contributed by atoms with Crippen molar-refractivity contribution < 1.29 is 37.5 Å². The van der Waals surface area contributed by atoms with Crippen LogP contribution in [-0.2, 0) is 0 Å². The van der Waals surface area contributed by atoms with E-state index in [-0.39, 0.29) is 0 Å². The Labute approximate surface area is 102 Å². The van der Waals surface area contributed by atoms with Crippen molar-refractivity contribution in [2.45, 2.75) is 6.36 Å². The molecule has 0 radical (unpaired) electrons. The maximum Gasteiger partial charge on any atom is 0.573 e. The van der Waals surface area contributed by atoms with Crippen molar-refractivity contribution >= 4 is 11.7 Å². The Morgan fingerprint density at radius 3 is 2.47 bits per heavy atom. The van der Waals surface area contributed by atoms with Crippen molar-refractivity contribution in [1.29, 1.82) is 0 Å². The van der Waals surface area contributed by atoms with E-state index in [0.29, 0.717) is 6.20 Å². The second-order valence-corrected chi connectivity index (χ2v) is 2.97. The zero-order valence-corrected chi connectivity index (χ0v) is 9.09. The van der Waals surface area contributed by atoms with Gasteiger partial charge in [-0.15, -0.1) is 13.2 Å². The molecule has 0 spiro atoms. The molecule has 1 rings (SSSR count). The van der Waals surface area contributed by atoms with Crippen LogP contribution >= 0.6 is 0 Å². The van der Waals surface area contributed by atoms with E-state index in [1.165, 1.54) is 0 Å². The Hall–Kier alpha value is -2.59. The van der Waals surface area contributed by atoms with Crippen LogP contribution in [0.1, 0.15) is 10.4 Å². The highest BCUT2D eigenvalue weighted by molar-refractivity contribution is 5.96. The van der Waals surface area contributed by atoms with Crippen molar-refractivity contribution in [2.24, 2.45) is 0 Å². The number of aromatic carboxylic acids is 1. The molecular formula is C8H5F3N2O6. The van der Waals surface area contributed by atoms with Gasteiger partial charge in [-0.1, -0.05) is 0 Å². The molecule has 0 fully saturated rings. The van der Waals surface area contributed by atoms with Crippen LogP contribution in [0.2, 0.25) is 0 Å². The van der Waals surface area contributed by atoms with Gasteiger partial charge in [0.1, 0.15) is 6.20 Å². The molecule has 19 heavy (non-hydrogen) atoms. The number of halogens is 3. The third-order valence-electron chi connectivity index (χ3n) is 1.80. The number of methoxy groups -OCH3 is 1. The standard InChI is InChI=1S/C8H5F3N2O6/c1-18-6-5(19-8(9,10)11)4(7(14)15)3(2-12-6)13(16)17/h2H,1H3,(H,14,15). The molecular weight excluding hydrogens is 277 g/mol. The van der Waals surface area contributed by atoms with Gasteiger partial charge >= 0.3 is 18.0 Å². The predicted molar refractivity (Wildman–Crippen MR) is 51.1 cm³/mol. The van der Waals surface area contributed by atoms with Gasteiger partial charge in [-0.2, -0.15) is 0 Å². The number of nitrogens with zero attached hydrogens (tertiary/aromatic N) is 2. The number of pyridine rings is 1. The maximum absolute atomic E-state index is 12.2. The first-order chi connectivity index (χ1) is 8.67. The van der Waals surface area contributed by atoms with E-state index in [1.54, 1.807) is 0 Å². The molecule has 0 unspecified atom stereocenters. The topological polar surface area (TPSA) is 112 Å². The number of aromatic nitrogens is 1. The summed E-state index contributed by atoms with van der Waals surface area (Å²) in [5.41, 5.74) is -2.44. The lowest BCUT2D eigenvalue weighted by Gasteiger charge is -2.13. The molecule has 1 aromatic heterocycles. The Balaban J connectivity index is 3.57. The fourth-order valence-electron chi connectivity index (χ4n) is 1.17. The van der Waals surface area contributed by atoms with Gasteiger partial charge < -0.3 is 14.6 Å². The number of hydrogen-bond acceptors (Lipinski definition) is 6. The third-order valence-corrected chi connectivity index (χ3v) is 1.80. The Morgan fingerprint density at radius 2 is 2.11 bits per heavy atom. The van der Waals surface area contributed by atoms with E-state index < -0.39 is 40.1 Å². The summed E-state index contributed by atoms with van der Waals surface area (Å²) in [6.07, 6.45) is -4.79. The number of carboxylic acids is 1. The summed E-state index contributed by atoms with van der Waals surface area (Å²) >= 11 is 0. The van der Waals surface area contributed by atoms with Crippen LogP contribution in [0.5, 0.6) is 11.6 Å². The third kappa shape index (κ3) is 3.20. The van der Waals surface area contributed by atoms with Crippen LogP contribution in [0.3, 0.4) is 0 Å². The lowest BCUT2D eigenvalue weighted by Crippen LogP contribution is -2.20. The monoisotopic (exact) mass is 282 g/mol. The number of hydrogen-bond donors (Lipinski definition) is 1. The molecule has 0 aliphatic carbocycles. The van der Waals surface area contributed by atoms with Gasteiger partial charge in [-0.25, -0.2) is 9.78 Å². The summed E-state index contributed by atoms with van der Waals surface area (Å²) in [5, 5.41) is 19.3. The van der Waals surface area contributed by atoms with Gasteiger partial charge in [0.25, 0.3) is 5.88 Å². The van der Waals surface area contributed by atoms with Gasteiger partial charge in [-0.05, 0) is 0 Å². The molecule has 104 valence electrons. The van der Waals surface area contributed by atoms with Gasteiger partial charge in [0.2, 0.25) is 5.75 Å². The first-order valence-corrected chi connectivity index (χ1v) is 4.37. The number of ether oxygens (including phenoxy) is 2. The van der Waals surface area contributed by atoms with E-state index >= 15 is 0 Å². The van der Waals surface area contributed by atoms with Gasteiger partial charge in [0.15, 0.2) is 5.56 Å². The molecule has 0 amide bonds. The summed E-state index contributed by atoms with van der Waals surface area (Å²) in [6.45, 7) is 0. The second-order valence-electron chi connectivity index (χ2n) is 2.97. The lowest BCUT2D eigenvalue weighted by atomic mass is 10.2. The lowest BCUT2D eigenvalue weighted by molar-refractivity contribution is -0.385. The van der Waals surface area contributed by atoms with Crippen LogP contribution in [0.4, 0.5) is 18.9 Å². The quantitative estimate of drug-likeness (QED) is 0.659. The van der Waals surface area contributed by atoms with Crippen LogP contribution in [0, 0.1) is 10.1 Å². The second kappa shape index (κ2) is 4.96. The SMILES string of the molecule is COc1ncc([N+](=O)[O-])c(C(=O)O)c1OC(F)(F)F. The highest BCUT2D eigenvalue weighted by atomic mass is 19.4. The van der Waals surface area contributed by atoms with E-state index in [4.69, 9.17) is 5.11 Å². The zero-order chi connectivity index (χ0) is 14.8. The van der Waals surface area contributed by atoms with Gasteiger partial charge in [0.05, 0.1) is 12.0 Å². The molecule has 0 aromatic carbocycles. The summed E-state index contributed by atoms with van der Waals surface area (Å²) in [6, 6.07) is 0. The van der Waals surface area contributed by atoms with Crippen molar-refractivity contribution in [3.8, 4) is 11.6 Å². The number of rotatable bonds is 4.